The highest BCUT2D eigenvalue weighted by Crippen LogP contribution is 2.17. The van der Waals surface area contributed by atoms with Crippen LogP contribution in [0.3, 0.4) is 0 Å². The fourth-order valence-electron chi connectivity index (χ4n) is 2.85. The van der Waals surface area contributed by atoms with Crippen molar-refractivity contribution in [3.05, 3.63) is 65.2 Å². The van der Waals surface area contributed by atoms with Crippen molar-refractivity contribution in [2.45, 2.75) is 18.0 Å². The second-order valence-corrected chi connectivity index (χ2v) is 7.22. The third-order valence-corrected chi connectivity index (χ3v) is 5.15. The van der Waals surface area contributed by atoms with E-state index in [-0.39, 0.29) is 30.9 Å². The maximum absolute atomic E-state index is 12.6. The molecule has 1 heterocycles. The highest BCUT2D eigenvalue weighted by Gasteiger charge is 2.28. The van der Waals surface area contributed by atoms with Crippen LogP contribution >= 0.6 is 11.8 Å². The van der Waals surface area contributed by atoms with Crippen molar-refractivity contribution >= 4 is 29.6 Å². The summed E-state index contributed by atoms with van der Waals surface area (Å²) in [5.41, 5.74) is 2.44. The molecular formula is C20H21N3O3S. The predicted octanol–water partition coefficient (Wildman–Crippen LogP) is 2.73. The molecule has 0 aliphatic carbocycles. The lowest BCUT2D eigenvalue weighted by molar-refractivity contribution is -0.125. The van der Waals surface area contributed by atoms with E-state index in [1.54, 1.807) is 48.0 Å². The van der Waals surface area contributed by atoms with E-state index in [9.17, 15) is 14.4 Å². The lowest BCUT2D eigenvalue weighted by Crippen LogP contribution is -2.30. The molecule has 4 amide bonds. The molecule has 1 fully saturated rings. The molecule has 0 saturated carbocycles. The van der Waals surface area contributed by atoms with Crippen LogP contribution in [0, 0.1) is 0 Å². The molecular weight excluding hydrogens is 362 g/mol. The number of hydrogen-bond donors (Lipinski definition) is 1. The Labute approximate surface area is 162 Å². The maximum atomic E-state index is 12.6. The first-order valence-corrected chi connectivity index (χ1v) is 9.76. The van der Waals surface area contributed by atoms with Gasteiger partial charge in [-0.15, -0.1) is 11.8 Å². The molecule has 1 aliphatic rings. The van der Waals surface area contributed by atoms with Gasteiger partial charge in [0, 0.05) is 24.1 Å². The van der Waals surface area contributed by atoms with Crippen LogP contribution in [0.2, 0.25) is 0 Å². The lowest BCUT2D eigenvalue weighted by Gasteiger charge is -2.18. The largest absolute Gasteiger partial charge is 0.337 e. The van der Waals surface area contributed by atoms with Gasteiger partial charge in [0.05, 0.1) is 13.1 Å². The number of urea groups is 1. The van der Waals surface area contributed by atoms with Crippen LogP contribution in [-0.4, -0.2) is 47.5 Å². The van der Waals surface area contributed by atoms with E-state index in [4.69, 9.17) is 0 Å². The van der Waals surface area contributed by atoms with E-state index in [0.717, 1.165) is 11.1 Å². The number of thioether (sulfide) groups is 1. The first-order valence-electron chi connectivity index (χ1n) is 8.53. The van der Waals surface area contributed by atoms with Crippen molar-refractivity contribution in [1.29, 1.82) is 0 Å². The number of carbonyl (C=O) groups excluding carboxylic acids is 3. The lowest BCUT2D eigenvalue weighted by atomic mass is 10.1. The third kappa shape index (κ3) is 4.49. The van der Waals surface area contributed by atoms with Gasteiger partial charge in [0.15, 0.2) is 0 Å². The maximum Gasteiger partial charge on any atom is 0.324 e. The number of hydrogen-bond acceptors (Lipinski definition) is 4. The van der Waals surface area contributed by atoms with Gasteiger partial charge >= 0.3 is 6.03 Å². The first-order chi connectivity index (χ1) is 13.0. The minimum Gasteiger partial charge on any atom is -0.337 e. The Morgan fingerprint density at radius 1 is 1.07 bits per heavy atom. The third-order valence-electron chi connectivity index (χ3n) is 4.40. The van der Waals surface area contributed by atoms with E-state index >= 15 is 0 Å². The van der Waals surface area contributed by atoms with Gasteiger partial charge in [0.1, 0.15) is 0 Å². The van der Waals surface area contributed by atoms with Gasteiger partial charge in [0.2, 0.25) is 5.91 Å². The van der Waals surface area contributed by atoms with Crippen molar-refractivity contribution in [2.75, 3.05) is 19.8 Å². The molecule has 0 atom stereocenters. The van der Waals surface area contributed by atoms with Gasteiger partial charge in [-0.2, -0.15) is 0 Å². The Hall–Kier alpha value is -2.80. The quantitative estimate of drug-likeness (QED) is 0.615. The van der Waals surface area contributed by atoms with Crippen LogP contribution in [0.1, 0.15) is 21.5 Å². The fourth-order valence-corrected chi connectivity index (χ4v) is 3.26. The zero-order valence-corrected chi connectivity index (χ0v) is 16.1. The summed E-state index contributed by atoms with van der Waals surface area (Å²) in [6.07, 6.45) is 2.03. The number of carbonyl (C=O) groups is 3. The van der Waals surface area contributed by atoms with Gasteiger partial charge < -0.3 is 10.2 Å². The monoisotopic (exact) mass is 383 g/mol. The molecule has 2 aromatic carbocycles. The summed E-state index contributed by atoms with van der Waals surface area (Å²) >= 11 is 1.68. The van der Waals surface area contributed by atoms with Crippen LogP contribution in [-0.2, 0) is 17.9 Å². The van der Waals surface area contributed by atoms with E-state index in [2.05, 4.69) is 5.32 Å². The molecule has 1 N–H and O–H groups in total. The first kappa shape index (κ1) is 19.0. The number of rotatable bonds is 6. The van der Waals surface area contributed by atoms with Crippen LogP contribution in [0.25, 0.3) is 0 Å². The average Bonchev–Trinajstić information content (AvgIpc) is 3.00. The molecule has 7 heteroatoms. The standard InChI is InChI=1S/C20H21N3O3S/c1-22(12-14-5-9-17(27-2)10-6-14)19(25)16-7-3-15(4-8-16)13-23-18(24)11-21-20(23)26/h3-10H,11-13H2,1-2H3,(H,21,26). The van der Waals surface area contributed by atoms with Crippen LogP contribution in [0.15, 0.2) is 53.4 Å². The smallest absolute Gasteiger partial charge is 0.324 e. The minimum absolute atomic E-state index is 0.0398. The number of nitrogens with zero attached hydrogens (tertiary/aromatic N) is 2. The number of imide groups is 1. The van der Waals surface area contributed by atoms with Gasteiger partial charge in [-0.1, -0.05) is 24.3 Å². The van der Waals surface area contributed by atoms with E-state index in [1.165, 1.54) is 9.80 Å². The number of amides is 4. The summed E-state index contributed by atoms with van der Waals surface area (Å²) < 4.78 is 0. The van der Waals surface area contributed by atoms with Crippen LogP contribution < -0.4 is 5.32 Å². The number of nitrogens with one attached hydrogen (secondary N) is 1. The van der Waals surface area contributed by atoms with Crippen molar-refractivity contribution in [1.82, 2.24) is 15.1 Å². The minimum atomic E-state index is -0.382. The molecule has 0 radical (unpaired) electrons. The molecule has 0 unspecified atom stereocenters. The molecule has 1 aliphatic heterocycles. The molecule has 6 nitrogen and oxygen atoms in total. The molecule has 27 heavy (non-hydrogen) atoms. The molecule has 0 bridgehead atoms. The van der Waals surface area contributed by atoms with E-state index in [1.807, 2.05) is 30.5 Å². The number of benzene rings is 2. The predicted molar refractivity (Wildman–Crippen MR) is 104 cm³/mol. The normalized spacial score (nSPS) is 13.6. The zero-order valence-electron chi connectivity index (χ0n) is 15.3. The Morgan fingerprint density at radius 3 is 2.26 bits per heavy atom. The van der Waals surface area contributed by atoms with Crippen molar-refractivity contribution in [3.8, 4) is 0 Å². The summed E-state index contributed by atoms with van der Waals surface area (Å²) in [4.78, 5) is 39.9. The zero-order chi connectivity index (χ0) is 19.4. The average molecular weight is 383 g/mol. The van der Waals surface area contributed by atoms with Crippen LogP contribution in [0.5, 0.6) is 0 Å². The highest BCUT2D eigenvalue weighted by atomic mass is 32.2. The Kier molecular flexibility index (Phi) is 5.81. The van der Waals surface area contributed by atoms with Crippen molar-refractivity contribution in [3.63, 3.8) is 0 Å². The van der Waals surface area contributed by atoms with Gasteiger partial charge in [-0.05, 0) is 41.6 Å². The van der Waals surface area contributed by atoms with Crippen LogP contribution in [0.4, 0.5) is 4.79 Å². The Morgan fingerprint density at radius 2 is 1.70 bits per heavy atom. The second-order valence-electron chi connectivity index (χ2n) is 6.34. The van der Waals surface area contributed by atoms with Crippen molar-refractivity contribution < 1.29 is 14.4 Å². The Bertz CT molecular complexity index is 834. The topological polar surface area (TPSA) is 69.7 Å². The van der Waals surface area contributed by atoms with E-state index < -0.39 is 0 Å². The highest BCUT2D eigenvalue weighted by molar-refractivity contribution is 7.98. The SMILES string of the molecule is CSc1ccc(CN(C)C(=O)c2ccc(CN3C(=O)CNC3=O)cc2)cc1. The van der Waals surface area contributed by atoms with Gasteiger partial charge in [-0.25, -0.2) is 4.79 Å². The molecule has 140 valence electrons. The van der Waals surface area contributed by atoms with Gasteiger partial charge in [-0.3, -0.25) is 14.5 Å². The summed E-state index contributed by atoms with van der Waals surface area (Å²) in [6, 6.07) is 14.7. The molecule has 1 saturated heterocycles. The molecule has 0 aromatic heterocycles. The summed E-state index contributed by atoms with van der Waals surface area (Å²) in [5, 5.41) is 2.49. The summed E-state index contributed by atoms with van der Waals surface area (Å²) in [6.45, 7) is 0.770. The summed E-state index contributed by atoms with van der Waals surface area (Å²) in [7, 11) is 1.77. The van der Waals surface area contributed by atoms with E-state index in [0.29, 0.717) is 12.1 Å². The Balaban J connectivity index is 1.62. The fraction of sp³-hybridized carbons (Fsp3) is 0.250. The molecule has 3 rings (SSSR count). The molecule has 0 spiro atoms. The second kappa shape index (κ2) is 8.26. The summed E-state index contributed by atoms with van der Waals surface area (Å²) in [5.74, 6) is -0.321. The van der Waals surface area contributed by atoms with Gasteiger partial charge in [0.25, 0.3) is 5.91 Å². The van der Waals surface area contributed by atoms with Crippen molar-refractivity contribution in [2.24, 2.45) is 0 Å². The molecule has 2 aromatic rings.